The monoisotopic (exact) mass is 557 g/mol. The molecular formula is C34H31N5O3. The highest BCUT2D eigenvalue weighted by Crippen LogP contribution is 2.26. The van der Waals surface area contributed by atoms with Gasteiger partial charge in [0, 0.05) is 31.9 Å². The van der Waals surface area contributed by atoms with Crippen LogP contribution in [0.15, 0.2) is 109 Å². The molecule has 0 aliphatic carbocycles. The second-order valence-corrected chi connectivity index (χ2v) is 10.2. The summed E-state index contributed by atoms with van der Waals surface area (Å²) in [5, 5.41) is 2.97. The number of rotatable bonds is 7. The number of hydrogen-bond donors (Lipinski definition) is 1. The number of piperazine rings is 1. The number of carbonyl (C=O) groups excluding carboxylic acids is 2. The van der Waals surface area contributed by atoms with Crippen LogP contribution in [0.25, 0.3) is 22.2 Å². The van der Waals surface area contributed by atoms with Crippen LogP contribution in [-0.4, -0.2) is 53.0 Å². The first-order chi connectivity index (χ1) is 20.6. The van der Waals surface area contributed by atoms with Crippen molar-refractivity contribution in [2.45, 2.75) is 13.0 Å². The molecule has 42 heavy (non-hydrogen) atoms. The third kappa shape index (κ3) is 6.55. The Hall–Kier alpha value is -5.24. The van der Waals surface area contributed by atoms with E-state index in [-0.39, 0.29) is 18.6 Å². The van der Waals surface area contributed by atoms with Crippen LogP contribution in [0.5, 0.6) is 0 Å². The second-order valence-electron chi connectivity index (χ2n) is 10.2. The Morgan fingerprint density at radius 1 is 0.738 bits per heavy atom. The van der Waals surface area contributed by atoms with Crippen molar-refractivity contribution < 1.29 is 14.3 Å². The number of hydrogen-bond acceptors (Lipinski definition) is 6. The van der Waals surface area contributed by atoms with Crippen molar-refractivity contribution in [3.8, 4) is 11.1 Å². The summed E-state index contributed by atoms with van der Waals surface area (Å²) in [6, 6.07) is 33.2. The Morgan fingerprint density at radius 3 is 2.12 bits per heavy atom. The summed E-state index contributed by atoms with van der Waals surface area (Å²) in [4.78, 5) is 38.4. The first kappa shape index (κ1) is 27.0. The molecule has 6 rings (SSSR count). The molecule has 1 aliphatic rings. The summed E-state index contributed by atoms with van der Waals surface area (Å²) in [5.74, 6) is 0.737. The first-order valence-electron chi connectivity index (χ1n) is 14.0. The van der Waals surface area contributed by atoms with Crippen molar-refractivity contribution in [3.63, 3.8) is 0 Å². The summed E-state index contributed by atoms with van der Waals surface area (Å²) in [6.07, 6.45) is 1.83. The third-order valence-electron chi connectivity index (χ3n) is 7.31. The minimum absolute atomic E-state index is 0.0487. The normalized spacial score (nSPS) is 13.1. The minimum Gasteiger partial charge on any atom is -0.445 e. The van der Waals surface area contributed by atoms with Gasteiger partial charge in [0.1, 0.15) is 12.4 Å². The van der Waals surface area contributed by atoms with Gasteiger partial charge in [-0.15, -0.1) is 0 Å². The largest absolute Gasteiger partial charge is 0.445 e. The Morgan fingerprint density at radius 2 is 1.40 bits per heavy atom. The van der Waals surface area contributed by atoms with Gasteiger partial charge in [-0.05, 0) is 46.5 Å². The molecule has 0 bridgehead atoms. The van der Waals surface area contributed by atoms with Gasteiger partial charge in [0.15, 0.2) is 0 Å². The van der Waals surface area contributed by atoms with E-state index in [9.17, 15) is 9.59 Å². The fourth-order valence-electron chi connectivity index (χ4n) is 4.99. The molecule has 1 fully saturated rings. The van der Waals surface area contributed by atoms with Gasteiger partial charge in [0.05, 0.1) is 23.7 Å². The van der Waals surface area contributed by atoms with Crippen molar-refractivity contribution in [2.24, 2.45) is 0 Å². The van der Waals surface area contributed by atoms with E-state index in [1.807, 2.05) is 103 Å². The molecule has 1 aromatic heterocycles. The molecule has 0 saturated carbocycles. The summed E-state index contributed by atoms with van der Waals surface area (Å²) in [7, 11) is 0. The molecule has 1 aliphatic heterocycles. The van der Waals surface area contributed by atoms with Crippen LogP contribution in [0.2, 0.25) is 0 Å². The molecule has 8 nitrogen and oxygen atoms in total. The molecule has 1 N–H and O–H groups in total. The number of aromatic nitrogens is 2. The van der Waals surface area contributed by atoms with Crippen molar-refractivity contribution in [1.29, 1.82) is 0 Å². The SMILES string of the molecule is O=C(Cc1ccccc1)Nc1ccc(-c2ccc3ncc(N4CCN(C(=O)OCc5ccccc5)CC4)nc3c2)cc1. The van der Waals surface area contributed by atoms with Crippen molar-refractivity contribution in [3.05, 3.63) is 120 Å². The average Bonchev–Trinajstić information content (AvgIpc) is 3.04. The van der Waals surface area contributed by atoms with Crippen molar-refractivity contribution >= 4 is 34.5 Å². The Kier molecular flexibility index (Phi) is 8.03. The number of fused-ring (bicyclic) bond motifs is 1. The van der Waals surface area contributed by atoms with E-state index in [1.54, 1.807) is 11.1 Å². The quantitative estimate of drug-likeness (QED) is 0.267. The standard InChI is InChI=1S/C34H31N5O3/c40-33(21-25-7-3-1-4-8-25)36-29-14-11-27(12-15-29)28-13-16-30-31(22-28)37-32(23-35-30)38-17-19-39(20-18-38)34(41)42-24-26-9-5-2-6-10-26/h1-16,22-23H,17-21,24H2,(H,36,40). The van der Waals surface area contributed by atoms with Crippen LogP contribution in [0, 0.1) is 0 Å². The van der Waals surface area contributed by atoms with Crippen molar-refractivity contribution in [2.75, 3.05) is 36.4 Å². The van der Waals surface area contributed by atoms with Gasteiger partial charge in [-0.3, -0.25) is 9.78 Å². The lowest BCUT2D eigenvalue weighted by Crippen LogP contribution is -2.49. The van der Waals surface area contributed by atoms with E-state index >= 15 is 0 Å². The van der Waals surface area contributed by atoms with Crippen LogP contribution in [0.1, 0.15) is 11.1 Å². The number of ether oxygens (including phenoxy) is 1. The zero-order valence-electron chi connectivity index (χ0n) is 23.1. The summed E-state index contributed by atoms with van der Waals surface area (Å²) < 4.78 is 5.49. The number of carbonyl (C=O) groups is 2. The maximum Gasteiger partial charge on any atom is 0.410 e. The molecule has 0 radical (unpaired) electrons. The smallest absolute Gasteiger partial charge is 0.410 e. The minimum atomic E-state index is -0.297. The molecule has 4 aromatic carbocycles. The fourth-order valence-corrected chi connectivity index (χ4v) is 4.99. The van der Waals surface area contributed by atoms with Crippen LogP contribution in [0.3, 0.4) is 0 Å². The van der Waals surface area contributed by atoms with Gasteiger partial charge in [0.25, 0.3) is 0 Å². The summed E-state index contributed by atoms with van der Waals surface area (Å²) >= 11 is 0. The lowest BCUT2D eigenvalue weighted by Gasteiger charge is -2.34. The van der Waals surface area contributed by atoms with Crippen LogP contribution in [0.4, 0.5) is 16.3 Å². The van der Waals surface area contributed by atoms with Gasteiger partial charge in [-0.2, -0.15) is 0 Å². The number of benzene rings is 4. The highest BCUT2D eigenvalue weighted by molar-refractivity contribution is 5.92. The first-order valence-corrected chi connectivity index (χ1v) is 14.0. The summed E-state index contributed by atoms with van der Waals surface area (Å²) in [6.45, 7) is 2.68. The van der Waals surface area contributed by atoms with Crippen LogP contribution < -0.4 is 10.2 Å². The van der Waals surface area contributed by atoms with Gasteiger partial charge in [-0.25, -0.2) is 9.78 Å². The van der Waals surface area contributed by atoms with E-state index in [2.05, 4.69) is 15.2 Å². The number of amides is 2. The second kappa shape index (κ2) is 12.5. The molecule has 2 amide bonds. The molecule has 0 spiro atoms. The van der Waals surface area contributed by atoms with E-state index in [0.29, 0.717) is 32.6 Å². The van der Waals surface area contributed by atoms with Crippen LogP contribution in [-0.2, 0) is 22.6 Å². The third-order valence-corrected chi connectivity index (χ3v) is 7.31. The van der Waals surface area contributed by atoms with E-state index in [1.165, 1.54) is 0 Å². The highest BCUT2D eigenvalue weighted by Gasteiger charge is 2.23. The number of nitrogens with one attached hydrogen (secondary N) is 1. The van der Waals surface area contributed by atoms with E-state index in [4.69, 9.17) is 9.72 Å². The Balaban J connectivity index is 1.07. The predicted molar refractivity (Wildman–Crippen MR) is 164 cm³/mol. The molecule has 210 valence electrons. The maximum atomic E-state index is 12.5. The molecule has 0 atom stereocenters. The van der Waals surface area contributed by atoms with Gasteiger partial charge in [-0.1, -0.05) is 78.9 Å². The lowest BCUT2D eigenvalue weighted by atomic mass is 10.0. The Labute approximate surface area is 244 Å². The van der Waals surface area contributed by atoms with E-state index in [0.717, 1.165) is 44.8 Å². The highest BCUT2D eigenvalue weighted by atomic mass is 16.6. The number of nitrogens with zero attached hydrogens (tertiary/aromatic N) is 4. The molecule has 0 unspecified atom stereocenters. The summed E-state index contributed by atoms with van der Waals surface area (Å²) in [5.41, 5.74) is 6.36. The average molecular weight is 558 g/mol. The topological polar surface area (TPSA) is 87.7 Å². The van der Waals surface area contributed by atoms with Crippen LogP contribution >= 0.6 is 0 Å². The van der Waals surface area contributed by atoms with E-state index < -0.39 is 0 Å². The fraction of sp³-hybridized carbons (Fsp3) is 0.176. The molecule has 5 aromatic rings. The Bertz CT molecular complexity index is 1670. The lowest BCUT2D eigenvalue weighted by molar-refractivity contribution is -0.115. The van der Waals surface area contributed by atoms with Crippen molar-refractivity contribution in [1.82, 2.24) is 14.9 Å². The van der Waals surface area contributed by atoms with Gasteiger partial charge in [0.2, 0.25) is 5.91 Å². The molecule has 8 heteroatoms. The zero-order valence-corrected chi connectivity index (χ0v) is 23.1. The molecule has 2 heterocycles. The zero-order chi connectivity index (χ0) is 28.7. The predicted octanol–water partition coefficient (Wildman–Crippen LogP) is 5.94. The molecule has 1 saturated heterocycles. The number of anilines is 2. The van der Waals surface area contributed by atoms with Gasteiger partial charge >= 0.3 is 6.09 Å². The van der Waals surface area contributed by atoms with Gasteiger partial charge < -0.3 is 19.9 Å². The molecular weight excluding hydrogens is 526 g/mol. The maximum absolute atomic E-state index is 12.5.